The van der Waals surface area contributed by atoms with Gasteiger partial charge in [0.25, 0.3) is 0 Å². The average molecular weight is 213 g/mol. The van der Waals surface area contributed by atoms with Crippen LogP contribution in [0.5, 0.6) is 5.75 Å². The van der Waals surface area contributed by atoms with Crippen LogP contribution in [-0.2, 0) is 0 Å². The van der Waals surface area contributed by atoms with E-state index in [4.69, 9.17) is 16.3 Å². The number of ether oxygens (including phenoxy) is 1. The minimum absolute atomic E-state index is 0.294. The van der Waals surface area contributed by atoms with Crippen LogP contribution in [0.2, 0.25) is 5.02 Å². The Morgan fingerprint density at radius 3 is 2.31 bits per heavy atom. The molecule has 0 radical (unpaired) electrons. The van der Waals surface area contributed by atoms with Crippen molar-refractivity contribution in [2.75, 3.05) is 14.0 Å². The van der Waals surface area contributed by atoms with E-state index in [2.05, 4.69) is 0 Å². The summed E-state index contributed by atoms with van der Waals surface area (Å²) in [7, 11) is 1.49. The molecule has 1 rings (SSSR count). The maximum absolute atomic E-state index is 12.3. The van der Waals surface area contributed by atoms with Gasteiger partial charge in [-0.2, -0.15) is 0 Å². The third-order valence-electron chi connectivity index (χ3n) is 1.11. The summed E-state index contributed by atoms with van der Waals surface area (Å²) in [6.07, 6.45) is 0. The number of methoxy groups -OCH3 is 1. The monoisotopic (exact) mass is 212 g/mol. The second-order valence-electron chi connectivity index (χ2n) is 1.88. The van der Waals surface area contributed by atoms with Crippen molar-refractivity contribution in [2.45, 2.75) is 0 Å². The molecule has 0 saturated carbocycles. The van der Waals surface area contributed by atoms with Crippen molar-refractivity contribution >= 4 is 11.6 Å². The van der Waals surface area contributed by atoms with E-state index in [-0.39, 0.29) is 5.82 Å². The molecule has 0 unspecified atom stereocenters. The lowest BCUT2D eigenvalue weighted by atomic mass is 10.3. The molecule has 1 aromatic carbocycles. The first-order valence-corrected chi connectivity index (χ1v) is 3.64. The summed E-state index contributed by atoms with van der Waals surface area (Å²) in [5.74, 6) is 0.133. The summed E-state index contributed by atoms with van der Waals surface area (Å²) < 4.78 is 36.4. The molecule has 0 amide bonds. The van der Waals surface area contributed by atoms with Gasteiger partial charge in [0, 0.05) is 0 Å². The Bertz CT molecular complexity index is 255. The first-order valence-electron chi connectivity index (χ1n) is 3.26. The number of benzene rings is 1. The molecule has 0 bridgehead atoms. The molecule has 0 aromatic heterocycles. The first kappa shape index (κ1) is 12.1. The SMILES string of the molecule is COc1ccc(F)cc1Cl.FCF. The summed E-state index contributed by atoms with van der Waals surface area (Å²) in [6, 6.07) is 3.99. The molecule has 0 spiro atoms. The van der Waals surface area contributed by atoms with Gasteiger partial charge in [0.1, 0.15) is 11.6 Å². The Labute approximate surface area is 79.1 Å². The van der Waals surface area contributed by atoms with Gasteiger partial charge >= 0.3 is 0 Å². The van der Waals surface area contributed by atoms with Crippen molar-refractivity contribution in [1.29, 1.82) is 0 Å². The van der Waals surface area contributed by atoms with Gasteiger partial charge in [-0.1, -0.05) is 11.6 Å². The molecule has 0 aliphatic heterocycles. The standard InChI is InChI=1S/C7H6ClFO.CH2F2/c1-10-7-3-2-5(9)4-6(7)8;2-1-3/h2-4H,1H3;1H2. The smallest absolute Gasteiger partial charge is 0.229 e. The first-order chi connectivity index (χ1) is 6.15. The van der Waals surface area contributed by atoms with Crippen molar-refractivity contribution in [3.05, 3.63) is 29.0 Å². The van der Waals surface area contributed by atoms with Crippen molar-refractivity contribution < 1.29 is 17.9 Å². The third kappa shape index (κ3) is 4.62. The van der Waals surface area contributed by atoms with Crippen LogP contribution in [-0.4, -0.2) is 14.0 Å². The highest BCUT2D eigenvalue weighted by atomic mass is 35.5. The molecule has 5 heteroatoms. The molecule has 0 fully saturated rings. The van der Waals surface area contributed by atoms with E-state index in [1.54, 1.807) is 0 Å². The minimum Gasteiger partial charge on any atom is -0.495 e. The van der Waals surface area contributed by atoms with E-state index in [0.29, 0.717) is 10.8 Å². The maximum Gasteiger partial charge on any atom is 0.229 e. The Morgan fingerprint density at radius 1 is 1.38 bits per heavy atom. The predicted octanol–water partition coefficient (Wildman–Crippen LogP) is 3.37. The third-order valence-corrected chi connectivity index (χ3v) is 1.41. The van der Waals surface area contributed by atoms with Crippen LogP contribution < -0.4 is 4.74 Å². The molecule has 0 atom stereocenters. The van der Waals surface area contributed by atoms with Crippen molar-refractivity contribution in [3.8, 4) is 5.75 Å². The molecule has 13 heavy (non-hydrogen) atoms. The van der Waals surface area contributed by atoms with Gasteiger partial charge in [-0.25, -0.2) is 13.2 Å². The highest BCUT2D eigenvalue weighted by Crippen LogP contribution is 2.23. The lowest BCUT2D eigenvalue weighted by Gasteiger charge is -2.00. The Kier molecular flexibility index (Phi) is 6.14. The lowest BCUT2D eigenvalue weighted by molar-refractivity contribution is 0.295. The number of rotatable bonds is 1. The summed E-state index contributed by atoms with van der Waals surface area (Å²) >= 11 is 5.56. The highest BCUT2D eigenvalue weighted by molar-refractivity contribution is 6.32. The van der Waals surface area contributed by atoms with E-state index in [0.717, 1.165) is 0 Å². The zero-order valence-corrected chi connectivity index (χ0v) is 7.62. The van der Waals surface area contributed by atoms with Gasteiger partial charge in [0.2, 0.25) is 6.93 Å². The number of alkyl halides is 2. The number of hydrogen-bond acceptors (Lipinski definition) is 1. The largest absolute Gasteiger partial charge is 0.495 e. The van der Waals surface area contributed by atoms with Gasteiger partial charge < -0.3 is 4.74 Å². The topological polar surface area (TPSA) is 9.23 Å². The molecule has 1 aromatic rings. The van der Waals surface area contributed by atoms with Crippen LogP contribution in [0.3, 0.4) is 0 Å². The predicted molar refractivity (Wildman–Crippen MR) is 45.0 cm³/mol. The van der Waals surface area contributed by atoms with Crippen LogP contribution in [0.1, 0.15) is 0 Å². The summed E-state index contributed by atoms with van der Waals surface area (Å²) in [5, 5.41) is 0.294. The summed E-state index contributed by atoms with van der Waals surface area (Å²) in [6.45, 7) is -1.75. The normalized spacial score (nSPS) is 8.69. The Balaban J connectivity index is 0.000000424. The van der Waals surface area contributed by atoms with E-state index in [9.17, 15) is 13.2 Å². The lowest BCUT2D eigenvalue weighted by Crippen LogP contribution is -1.83. The van der Waals surface area contributed by atoms with Gasteiger partial charge in [-0.05, 0) is 18.2 Å². The molecular formula is C8H8ClF3O. The zero-order valence-electron chi connectivity index (χ0n) is 6.86. The van der Waals surface area contributed by atoms with Gasteiger partial charge in [0.05, 0.1) is 12.1 Å². The fourth-order valence-corrected chi connectivity index (χ4v) is 0.885. The molecule has 0 saturated heterocycles. The van der Waals surface area contributed by atoms with Crippen LogP contribution in [0.4, 0.5) is 13.2 Å². The van der Waals surface area contributed by atoms with Crippen LogP contribution >= 0.6 is 11.6 Å². The zero-order chi connectivity index (χ0) is 10.3. The molecule has 0 aliphatic carbocycles. The van der Waals surface area contributed by atoms with Crippen molar-refractivity contribution in [3.63, 3.8) is 0 Å². The number of halogens is 4. The second kappa shape index (κ2) is 6.60. The summed E-state index contributed by atoms with van der Waals surface area (Å²) in [5.41, 5.74) is 0. The average Bonchev–Trinajstić information content (AvgIpc) is 2.06. The van der Waals surface area contributed by atoms with Gasteiger partial charge in [-0.3, -0.25) is 0 Å². The van der Waals surface area contributed by atoms with Crippen LogP contribution in [0.25, 0.3) is 0 Å². The van der Waals surface area contributed by atoms with E-state index in [1.165, 1.54) is 25.3 Å². The summed E-state index contributed by atoms with van der Waals surface area (Å²) in [4.78, 5) is 0. The van der Waals surface area contributed by atoms with Crippen molar-refractivity contribution in [1.82, 2.24) is 0 Å². The molecule has 1 nitrogen and oxygen atoms in total. The highest BCUT2D eigenvalue weighted by Gasteiger charge is 1.99. The molecule has 0 aliphatic rings. The minimum atomic E-state index is -1.75. The molecule has 74 valence electrons. The second-order valence-corrected chi connectivity index (χ2v) is 2.29. The van der Waals surface area contributed by atoms with Crippen LogP contribution in [0.15, 0.2) is 18.2 Å². The Hall–Kier alpha value is -0.900. The Morgan fingerprint density at radius 2 is 1.92 bits per heavy atom. The quantitative estimate of drug-likeness (QED) is 0.694. The van der Waals surface area contributed by atoms with Crippen LogP contribution in [0, 0.1) is 5.82 Å². The van der Waals surface area contributed by atoms with Gasteiger partial charge in [0.15, 0.2) is 0 Å². The van der Waals surface area contributed by atoms with Crippen molar-refractivity contribution in [2.24, 2.45) is 0 Å². The molecular weight excluding hydrogens is 205 g/mol. The van der Waals surface area contributed by atoms with E-state index >= 15 is 0 Å². The van der Waals surface area contributed by atoms with E-state index in [1.807, 2.05) is 0 Å². The molecule has 0 N–H and O–H groups in total. The molecule has 0 heterocycles. The fourth-order valence-electron chi connectivity index (χ4n) is 0.641. The maximum atomic E-state index is 12.3. The number of hydrogen-bond donors (Lipinski definition) is 0. The van der Waals surface area contributed by atoms with Gasteiger partial charge in [-0.15, -0.1) is 0 Å². The fraction of sp³-hybridized carbons (Fsp3) is 0.250. The van der Waals surface area contributed by atoms with E-state index < -0.39 is 6.93 Å².